The average Bonchev–Trinajstić information content (AvgIpc) is 2.54. The molecule has 2 N–H and O–H groups in total. The van der Waals surface area contributed by atoms with Crippen LogP contribution in [0.15, 0.2) is 0 Å². The largest absolute Gasteiger partial charge is 0.481 e. The highest BCUT2D eigenvalue weighted by atomic mass is 16.6. The second kappa shape index (κ2) is 5.56. The number of aliphatic carboxylic acids is 1. The molecule has 104 valence electrons. The Morgan fingerprint density at radius 2 is 1.94 bits per heavy atom. The number of β-amino-alcohol motifs (C(OH)–C–C–N with tert-alkyl or cyclic N) is 1. The number of hydrogen-bond acceptors (Lipinski definition) is 4. The van der Waals surface area contributed by atoms with Gasteiger partial charge in [0.15, 0.2) is 0 Å². The van der Waals surface area contributed by atoms with Gasteiger partial charge in [-0.25, -0.2) is 4.79 Å². The molecule has 0 aliphatic carbocycles. The number of rotatable bonds is 3. The molecule has 1 rings (SSSR count). The van der Waals surface area contributed by atoms with E-state index in [1.807, 2.05) is 0 Å². The molecule has 0 aromatic heterocycles. The lowest BCUT2D eigenvalue weighted by molar-refractivity contribution is -0.137. The van der Waals surface area contributed by atoms with Crippen LogP contribution in [-0.2, 0) is 9.53 Å². The lowest BCUT2D eigenvalue weighted by Crippen LogP contribution is -2.35. The molecular weight excluding hydrogens is 238 g/mol. The van der Waals surface area contributed by atoms with Gasteiger partial charge in [0, 0.05) is 18.9 Å². The van der Waals surface area contributed by atoms with Gasteiger partial charge in [-0.05, 0) is 27.2 Å². The maximum absolute atomic E-state index is 11.8. The predicted molar refractivity (Wildman–Crippen MR) is 64.2 cm³/mol. The summed E-state index contributed by atoms with van der Waals surface area (Å²) in [7, 11) is 0. The molecule has 0 bridgehead atoms. The zero-order valence-electron chi connectivity index (χ0n) is 11.0. The van der Waals surface area contributed by atoms with E-state index in [0.29, 0.717) is 13.0 Å². The number of amides is 1. The van der Waals surface area contributed by atoms with Gasteiger partial charge in [0.25, 0.3) is 0 Å². The highest BCUT2D eigenvalue weighted by Gasteiger charge is 2.35. The van der Waals surface area contributed by atoms with E-state index in [0.717, 1.165) is 0 Å². The van der Waals surface area contributed by atoms with Crippen molar-refractivity contribution in [1.29, 1.82) is 0 Å². The maximum atomic E-state index is 11.8. The Labute approximate surface area is 107 Å². The number of ether oxygens (including phenoxy) is 1. The number of aliphatic hydroxyl groups is 1. The van der Waals surface area contributed by atoms with Crippen molar-refractivity contribution in [2.45, 2.75) is 45.3 Å². The van der Waals surface area contributed by atoms with Gasteiger partial charge in [0.2, 0.25) is 0 Å². The van der Waals surface area contributed by atoms with Gasteiger partial charge in [-0.15, -0.1) is 0 Å². The fourth-order valence-corrected chi connectivity index (χ4v) is 1.92. The minimum Gasteiger partial charge on any atom is -0.481 e. The Bertz CT molecular complexity index is 323. The summed E-state index contributed by atoms with van der Waals surface area (Å²) in [6.45, 7) is 5.89. The smallest absolute Gasteiger partial charge is 0.410 e. The molecule has 0 aromatic carbocycles. The number of carbonyl (C=O) groups excluding carboxylic acids is 1. The molecule has 0 radical (unpaired) electrons. The SMILES string of the molecule is CC(C)(C)OC(=O)N1CC(O)C(CCC(=O)O)C1. The molecule has 0 aromatic rings. The second-order valence-corrected chi connectivity index (χ2v) is 5.65. The van der Waals surface area contributed by atoms with E-state index in [2.05, 4.69) is 0 Å². The number of aliphatic hydroxyl groups excluding tert-OH is 1. The fraction of sp³-hybridized carbons (Fsp3) is 0.833. The Hall–Kier alpha value is -1.30. The van der Waals surface area contributed by atoms with Gasteiger partial charge in [-0.3, -0.25) is 4.79 Å². The summed E-state index contributed by atoms with van der Waals surface area (Å²) < 4.78 is 5.20. The molecule has 1 fully saturated rings. The van der Waals surface area contributed by atoms with Gasteiger partial charge in [0.1, 0.15) is 5.60 Å². The van der Waals surface area contributed by atoms with Gasteiger partial charge in [-0.2, -0.15) is 0 Å². The van der Waals surface area contributed by atoms with Crippen molar-refractivity contribution in [3.63, 3.8) is 0 Å². The summed E-state index contributed by atoms with van der Waals surface area (Å²) in [5.74, 6) is -1.08. The summed E-state index contributed by atoms with van der Waals surface area (Å²) in [5, 5.41) is 18.4. The van der Waals surface area contributed by atoms with Crippen LogP contribution in [-0.4, -0.2) is 52.0 Å². The Morgan fingerprint density at radius 1 is 1.33 bits per heavy atom. The standard InChI is InChI=1S/C12H21NO5/c1-12(2,3)18-11(17)13-6-8(9(14)7-13)4-5-10(15)16/h8-9,14H,4-7H2,1-3H3,(H,15,16). The van der Waals surface area contributed by atoms with Crippen LogP contribution in [0.5, 0.6) is 0 Å². The lowest BCUT2D eigenvalue weighted by atomic mass is 10.0. The number of carbonyl (C=O) groups is 2. The van der Waals surface area contributed by atoms with Gasteiger partial charge < -0.3 is 19.8 Å². The summed E-state index contributed by atoms with van der Waals surface area (Å²) in [6, 6.07) is 0. The van der Waals surface area contributed by atoms with Crippen molar-refractivity contribution in [2.24, 2.45) is 5.92 Å². The van der Waals surface area contributed by atoms with Crippen molar-refractivity contribution in [3.8, 4) is 0 Å². The average molecular weight is 259 g/mol. The Kier molecular flexibility index (Phi) is 4.56. The third-order valence-corrected chi connectivity index (χ3v) is 2.79. The first-order valence-corrected chi connectivity index (χ1v) is 6.07. The molecule has 1 aliphatic heterocycles. The first-order chi connectivity index (χ1) is 8.19. The van der Waals surface area contributed by atoms with Crippen LogP contribution < -0.4 is 0 Å². The monoisotopic (exact) mass is 259 g/mol. The predicted octanol–water partition coefficient (Wildman–Crippen LogP) is 1.08. The first kappa shape index (κ1) is 14.8. The highest BCUT2D eigenvalue weighted by Crippen LogP contribution is 2.23. The van der Waals surface area contributed by atoms with Crippen molar-refractivity contribution in [1.82, 2.24) is 4.90 Å². The summed E-state index contributed by atoms with van der Waals surface area (Å²) in [5.41, 5.74) is -0.568. The third kappa shape index (κ3) is 4.52. The van der Waals surface area contributed by atoms with Crippen LogP contribution in [0.4, 0.5) is 4.79 Å². The van der Waals surface area contributed by atoms with E-state index in [4.69, 9.17) is 9.84 Å². The minimum absolute atomic E-state index is 0.00385. The molecule has 2 unspecified atom stereocenters. The highest BCUT2D eigenvalue weighted by molar-refractivity contribution is 5.69. The minimum atomic E-state index is -0.891. The lowest BCUT2D eigenvalue weighted by Gasteiger charge is -2.24. The molecule has 0 spiro atoms. The van der Waals surface area contributed by atoms with Crippen molar-refractivity contribution in [2.75, 3.05) is 13.1 Å². The molecule has 1 saturated heterocycles. The fourth-order valence-electron chi connectivity index (χ4n) is 1.92. The van der Waals surface area contributed by atoms with Crippen molar-refractivity contribution >= 4 is 12.1 Å². The molecule has 1 heterocycles. The third-order valence-electron chi connectivity index (χ3n) is 2.79. The molecule has 1 amide bonds. The first-order valence-electron chi connectivity index (χ1n) is 6.07. The molecular formula is C12H21NO5. The molecule has 1 aliphatic rings. The summed E-state index contributed by atoms with van der Waals surface area (Å²) >= 11 is 0. The molecule has 18 heavy (non-hydrogen) atoms. The molecule has 6 heteroatoms. The van der Waals surface area contributed by atoms with Crippen LogP contribution in [0, 0.1) is 5.92 Å². The van der Waals surface area contributed by atoms with Crippen LogP contribution in [0.25, 0.3) is 0 Å². The van der Waals surface area contributed by atoms with E-state index in [-0.39, 0.29) is 18.9 Å². The van der Waals surface area contributed by atoms with Crippen LogP contribution >= 0.6 is 0 Å². The van der Waals surface area contributed by atoms with E-state index < -0.39 is 23.8 Å². The van der Waals surface area contributed by atoms with Gasteiger partial charge >= 0.3 is 12.1 Å². The van der Waals surface area contributed by atoms with E-state index in [9.17, 15) is 14.7 Å². The zero-order chi connectivity index (χ0) is 13.9. The molecule has 2 atom stereocenters. The zero-order valence-corrected chi connectivity index (χ0v) is 11.0. The summed E-state index contributed by atoms with van der Waals surface area (Å²) in [6.07, 6.45) is -0.754. The maximum Gasteiger partial charge on any atom is 0.410 e. The second-order valence-electron chi connectivity index (χ2n) is 5.65. The number of hydrogen-bond donors (Lipinski definition) is 2. The van der Waals surface area contributed by atoms with Crippen LogP contribution in [0.1, 0.15) is 33.6 Å². The number of likely N-dealkylation sites (tertiary alicyclic amines) is 1. The van der Waals surface area contributed by atoms with Crippen LogP contribution in [0.2, 0.25) is 0 Å². The van der Waals surface area contributed by atoms with Gasteiger partial charge in [-0.1, -0.05) is 0 Å². The van der Waals surface area contributed by atoms with E-state index in [1.165, 1.54) is 4.90 Å². The number of carboxylic acids is 1. The molecule has 6 nitrogen and oxygen atoms in total. The topological polar surface area (TPSA) is 87.1 Å². The van der Waals surface area contributed by atoms with Crippen molar-refractivity contribution < 1.29 is 24.5 Å². The quantitative estimate of drug-likeness (QED) is 0.792. The van der Waals surface area contributed by atoms with E-state index in [1.54, 1.807) is 20.8 Å². The number of carboxylic acid groups (broad SMARTS) is 1. The Balaban J connectivity index is 2.47. The summed E-state index contributed by atoms with van der Waals surface area (Å²) in [4.78, 5) is 23.7. The Morgan fingerprint density at radius 3 is 2.44 bits per heavy atom. The number of nitrogens with zero attached hydrogens (tertiary/aromatic N) is 1. The normalized spacial score (nSPS) is 24.1. The van der Waals surface area contributed by atoms with Crippen molar-refractivity contribution in [3.05, 3.63) is 0 Å². The molecule has 0 saturated carbocycles. The van der Waals surface area contributed by atoms with Gasteiger partial charge in [0.05, 0.1) is 12.6 Å². The van der Waals surface area contributed by atoms with Crippen LogP contribution in [0.3, 0.4) is 0 Å². The van der Waals surface area contributed by atoms with E-state index >= 15 is 0 Å².